The largest absolute Gasteiger partial charge is 0.507 e. The fraction of sp³-hybridized carbons (Fsp3) is 0.167. The number of halogens is 3. The molecule has 3 N–H and O–H groups in total. The number of benzene rings is 1. The zero-order valence-corrected chi connectivity index (χ0v) is 9.65. The van der Waals surface area contributed by atoms with Crippen LogP contribution in [0, 0.1) is 0 Å². The maximum absolute atomic E-state index is 12.4. The Hall–Kier alpha value is -2.15. The van der Waals surface area contributed by atoms with Gasteiger partial charge in [-0.05, 0) is 17.7 Å². The molecular weight excluding hydrogens is 259 g/mol. The Labute approximate surface area is 106 Å². The van der Waals surface area contributed by atoms with Crippen molar-refractivity contribution in [2.75, 3.05) is 0 Å². The number of hydrogen-bond acceptors (Lipinski definition) is 4. The highest BCUT2D eigenvalue weighted by Crippen LogP contribution is 2.31. The van der Waals surface area contributed by atoms with Crippen LogP contribution in [0.2, 0.25) is 0 Å². The molecule has 0 unspecified atom stereocenters. The molecule has 2 aromatic rings. The first-order valence-electron chi connectivity index (χ1n) is 5.33. The standard InChI is InChI=1S/C12H10F3N3O/c13-12(14,15)11-6-17-9(5-18-11)8-3-7(4-16)1-2-10(8)19/h1-3,5-6,19H,4,16H2. The first-order chi connectivity index (χ1) is 8.91. The lowest BCUT2D eigenvalue weighted by Crippen LogP contribution is -2.08. The van der Waals surface area contributed by atoms with Gasteiger partial charge in [0.1, 0.15) is 5.75 Å². The maximum Gasteiger partial charge on any atom is 0.434 e. The van der Waals surface area contributed by atoms with Crippen molar-refractivity contribution in [3.63, 3.8) is 0 Å². The third-order valence-electron chi connectivity index (χ3n) is 2.51. The molecule has 0 fully saturated rings. The molecular formula is C12H10F3N3O. The summed E-state index contributed by atoms with van der Waals surface area (Å²) in [4.78, 5) is 6.96. The smallest absolute Gasteiger partial charge is 0.434 e. The fourth-order valence-corrected chi connectivity index (χ4v) is 1.53. The Morgan fingerprint density at radius 3 is 2.42 bits per heavy atom. The fourth-order valence-electron chi connectivity index (χ4n) is 1.53. The van der Waals surface area contributed by atoms with E-state index in [0.717, 1.165) is 11.8 Å². The second-order valence-corrected chi connectivity index (χ2v) is 3.84. The molecule has 0 atom stereocenters. The van der Waals surface area contributed by atoms with Crippen LogP contribution in [0.15, 0.2) is 30.6 Å². The van der Waals surface area contributed by atoms with Gasteiger partial charge < -0.3 is 10.8 Å². The number of nitrogens with two attached hydrogens (primary N) is 1. The van der Waals surface area contributed by atoms with Gasteiger partial charge in [0.25, 0.3) is 0 Å². The maximum atomic E-state index is 12.4. The molecule has 1 aromatic carbocycles. The van der Waals surface area contributed by atoms with Gasteiger partial charge in [-0.25, -0.2) is 4.98 Å². The first-order valence-corrected chi connectivity index (χ1v) is 5.33. The summed E-state index contributed by atoms with van der Waals surface area (Å²) in [7, 11) is 0. The molecule has 2 rings (SSSR count). The van der Waals surface area contributed by atoms with E-state index in [2.05, 4.69) is 9.97 Å². The Morgan fingerprint density at radius 1 is 1.16 bits per heavy atom. The molecule has 1 heterocycles. The zero-order chi connectivity index (χ0) is 14.0. The molecule has 0 spiro atoms. The van der Waals surface area contributed by atoms with E-state index in [0.29, 0.717) is 11.8 Å². The highest BCUT2D eigenvalue weighted by molar-refractivity contribution is 5.66. The molecule has 19 heavy (non-hydrogen) atoms. The highest BCUT2D eigenvalue weighted by atomic mass is 19.4. The Balaban J connectivity index is 2.42. The molecule has 0 amide bonds. The minimum atomic E-state index is -4.54. The highest BCUT2D eigenvalue weighted by Gasteiger charge is 2.32. The van der Waals surface area contributed by atoms with Crippen LogP contribution in [0.5, 0.6) is 5.75 Å². The Morgan fingerprint density at radius 2 is 1.89 bits per heavy atom. The molecule has 0 bridgehead atoms. The Kier molecular flexibility index (Phi) is 3.39. The lowest BCUT2D eigenvalue weighted by atomic mass is 10.1. The summed E-state index contributed by atoms with van der Waals surface area (Å²) < 4.78 is 37.1. The van der Waals surface area contributed by atoms with Crippen molar-refractivity contribution in [3.05, 3.63) is 41.9 Å². The molecule has 0 radical (unpaired) electrons. The molecule has 7 heteroatoms. The van der Waals surface area contributed by atoms with Crippen molar-refractivity contribution in [2.24, 2.45) is 5.73 Å². The van der Waals surface area contributed by atoms with Crippen molar-refractivity contribution < 1.29 is 18.3 Å². The molecule has 0 saturated heterocycles. The number of phenolic OH excluding ortho intramolecular Hbond substituents is 1. The van der Waals surface area contributed by atoms with Gasteiger partial charge in [0, 0.05) is 12.1 Å². The lowest BCUT2D eigenvalue weighted by Gasteiger charge is -2.08. The second-order valence-electron chi connectivity index (χ2n) is 3.84. The van der Waals surface area contributed by atoms with E-state index < -0.39 is 11.9 Å². The van der Waals surface area contributed by atoms with Crippen LogP contribution in [0.1, 0.15) is 11.3 Å². The van der Waals surface area contributed by atoms with Crippen molar-refractivity contribution in [1.29, 1.82) is 0 Å². The zero-order valence-electron chi connectivity index (χ0n) is 9.65. The van der Waals surface area contributed by atoms with Gasteiger partial charge in [0.15, 0.2) is 5.69 Å². The second kappa shape index (κ2) is 4.85. The van der Waals surface area contributed by atoms with E-state index in [1.807, 2.05) is 0 Å². The number of hydrogen-bond donors (Lipinski definition) is 2. The topological polar surface area (TPSA) is 72.0 Å². The molecule has 1 aromatic heterocycles. The summed E-state index contributed by atoms with van der Waals surface area (Å²) >= 11 is 0. The SMILES string of the molecule is NCc1ccc(O)c(-c2cnc(C(F)(F)F)cn2)c1. The Bertz CT molecular complexity index is 582. The van der Waals surface area contributed by atoms with Crippen LogP contribution in [0.25, 0.3) is 11.3 Å². The predicted octanol–water partition coefficient (Wildman–Crippen LogP) is 2.33. The van der Waals surface area contributed by atoms with E-state index in [1.165, 1.54) is 6.07 Å². The predicted molar refractivity (Wildman–Crippen MR) is 62.0 cm³/mol. The quantitative estimate of drug-likeness (QED) is 0.877. The summed E-state index contributed by atoms with van der Waals surface area (Å²) in [6.07, 6.45) is -2.94. The first kappa shape index (κ1) is 13.3. The van der Waals surface area contributed by atoms with Crippen molar-refractivity contribution in [3.8, 4) is 17.0 Å². The molecule has 4 nitrogen and oxygen atoms in total. The van der Waals surface area contributed by atoms with Crippen LogP contribution in [-0.4, -0.2) is 15.1 Å². The van der Waals surface area contributed by atoms with E-state index >= 15 is 0 Å². The lowest BCUT2D eigenvalue weighted by molar-refractivity contribution is -0.141. The molecule has 0 saturated carbocycles. The van der Waals surface area contributed by atoms with Gasteiger partial charge in [0.05, 0.1) is 18.1 Å². The average molecular weight is 269 g/mol. The van der Waals surface area contributed by atoms with Crippen LogP contribution in [-0.2, 0) is 12.7 Å². The third-order valence-corrected chi connectivity index (χ3v) is 2.51. The number of alkyl halides is 3. The van der Waals surface area contributed by atoms with E-state index in [4.69, 9.17) is 5.73 Å². The summed E-state index contributed by atoms with van der Waals surface area (Å²) in [6.45, 7) is 0.251. The van der Waals surface area contributed by atoms with Crippen LogP contribution in [0.4, 0.5) is 13.2 Å². The van der Waals surface area contributed by atoms with Crippen LogP contribution in [0.3, 0.4) is 0 Å². The third kappa shape index (κ3) is 2.82. The summed E-state index contributed by atoms with van der Waals surface area (Å²) in [6, 6.07) is 4.60. The van der Waals surface area contributed by atoms with Crippen LogP contribution < -0.4 is 5.73 Å². The van der Waals surface area contributed by atoms with Crippen molar-refractivity contribution >= 4 is 0 Å². The summed E-state index contributed by atoms with van der Waals surface area (Å²) in [5.74, 6) is -0.0914. The average Bonchev–Trinajstić information content (AvgIpc) is 2.38. The van der Waals surface area contributed by atoms with Gasteiger partial charge >= 0.3 is 6.18 Å². The van der Waals surface area contributed by atoms with E-state index in [-0.39, 0.29) is 18.0 Å². The van der Waals surface area contributed by atoms with Gasteiger partial charge in [-0.3, -0.25) is 4.98 Å². The number of phenols is 1. The van der Waals surface area contributed by atoms with Gasteiger partial charge in [0.2, 0.25) is 0 Å². The van der Waals surface area contributed by atoms with E-state index in [1.54, 1.807) is 12.1 Å². The summed E-state index contributed by atoms with van der Waals surface area (Å²) in [5.41, 5.74) is 5.56. The van der Waals surface area contributed by atoms with Crippen molar-refractivity contribution in [1.82, 2.24) is 9.97 Å². The molecule has 100 valence electrons. The van der Waals surface area contributed by atoms with Gasteiger partial charge in [-0.15, -0.1) is 0 Å². The van der Waals surface area contributed by atoms with Gasteiger partial charge in [-0.1, -0.05) is 6.07 Å². The number of rotatable bonds is 2. The van der Waals surface area contributed by atoms with Crippen LogP contribution >= 0.6 is 0 Å². The van der Waals surface area contributed by atoms with Crippen molar-refractivity contribution in [2.45, 2.75) is 12.7 Å². The van der Waals surface area contributed by atoms with Gasteiger partial charge in [-0.2, -0.15) is 13.2 Å². The number of aromatic hydroxyl groups is 1. The normalized spacial score (nSPS) is 11.6. The summed E-state index contributed by atoms with van der Waals surface area (Å²) in [5, 5.41) is 9.68. The molecule has 0 aliphatic heterocycles. The number of nitrogens with zero attached hydrogens (tertiary/aromatic N) is 2. The monoisotopic (exact) mass is 269 g/mol. The number of aromatic nitrogens is 2. The minimum Gasteiger partial charge on any atom is -0.507 e. The van der Waals surface area contributed by atoms with E-state index in [9.17, 15) is 18.3 Å². The molecule has 0 aliphatic rings. The molecule has 0 aliphatic carbocycles. The minimum absolute atomic E-state index is 0.0914.